The first-order valence-corrected chi connectivity index (χ1v) is 13.4. The van der Waals surface area contributed by atoms with Crippen LogP contribution in [0.3, 0.4) is 0 Å². The van der Waals surface area contributed by atoms with Crippen molar-refractivity contribution in [3.8, 4) is 0 Å². The van der Waals surface area contributed by atoms with Gasteiger partial charge in [-0.2, -0.15) is 0 Å². The first-order chi connectivity index (χ1) is 18.2. The van der Waals surface area contributed by atoms with Gasteiger partial charge in [0.25, 0.3) is 0 Å². The highest BCUT2D eigenvalue weighted by atomic mass is 16.4. The number of hydrogen-bond donors (Lipinski definition) is 2. The summed E-state index contributed by atoms with van der Waals surface area (Å²) in [6, 6.07) is 13.1. The first kappa shape index (κ1) is 27.2. The Morgan fingerprint density at radius 2 is 1.95 bits per heavy atom. The van der Waals surface area contributed by atoms with Crippen molar-refractivity contribution in [1.29, 1.82) is 0 Å². The average Bonchev–Trinajstić information content (AvgIpc) is 3.56. The number of nitrogens with one attached hydrogen (secondary N) is 1. The summed E-state index contributed by atoms with van der Waals surface area (Å²) in [7, 11) is 1.96. The van der Waals surface area contributed by atoms with Crippen LogP contribution in [0.5, 0.6) is 0 Å². The zero-order valence-electron chi connectivity index (χ0n) is 23.1. The van der Waals surface area contributed by atoms with E-state index in [1.54, 1.807) is 24.4 Å². The van der Waals surface area contributed by atoms with Gasteiger partial charge in [0.1, 0.15) is 11.6 Å². The molecule has 1 aromatic carbocycles. The molecule has 7 heteroatoms. The molecular weight excluding hydrogens is 474 g/mol. The second-order valence-electron chi connectivity index (χ2n) is 11.1. The highest BCUT2D eigenvalue weighted by Gasteiger charge is 2.32. The van der Waals surface area contributed by atoms with Crippen molar-refractivity contribution in [2.24, 2.45) is 18.4 Å². The molecule has 1 aliphatic heterocycles. The topological polar surface area (TPSA) is 83.3 Å². The smallest absolute Gasteiger partial charge is 0.335 e. The lowest BCUT2D eigenvalue weighted by atomic mass is 9.80. The summed E-state index contributed by atoms with van der Waals surface area (Å²) in [5, 5.41) is 13.1. The molecule has 1 unspecified atom stereocenters. The van der Waals surface area contributed by atoms with Gasteiger partial charge in [-0.15, -0.1) is 0 Å². The Morgan fingerprint density at radius 1 is 1.18 bits per heavy atom. The fraction of sp³-hybridized carbons (Fsp3) is 0.387. The first-order valence-electron chi connectivity index (χ1n) is 13.4. The van der Waals surface area contributed by atoms with E-state index in [2.05, 4.69) is 55.0 Å². The fourth-order valence-corrected chi connectivity index (χ4v) is 4.81. The number of anilines is 2. The van der Waals surface area contributed by atoms with E-state index in [1.165, 1.54) is 6.42 Å². The largest absolute Gasteiger partial charge is 0.478 e. The van der Waals surface area contributed by atoms with Gasteiger partial charge in [-0.1, -0.05) is 58.4 Å². The molecule has 1 aliphatic rings. The zero-order chi connectivity index (χ0) is 27.3. The number of hydrogen-bond acceptors (Lipinski definition) is 5. The lowest BCUT2D eigenvalue weighted by Crippen LogP contribution is -2.26. The third-order valence-electron chi connectivity index (χ3n) is 7.19. The van der Waals surface area contributed by atoms with E-state index < -0.39 is 5.97 Å². The molecule has 2 N–H and O–H groups in total. The Labute approximate surface area is 225 Å². The Balaban J connectivity index is 1.69. The molecule has 0 aliphatic carbocycles. The van der Waals surface area contributed by atoms with Crippen LogP contribution in [0.15, 0.2) is 67.0 Å². The molecule has 1 saturated heterocycles. The quantitative estimate of drug-likeness (QED) is 0.309. The van der Waals surface area contributed by atoms with Crippen molar-refractivity contribution >= 4 is 28.9 Å². The molecule has 0 radical (unpaired) electrons. The Bertz CT molecular complexity index is 1330. The van der Waals surface area contributed by atoms with Crippen LogP contribution in [0.25, 0.3) is 11.3 Å². The second kappa shape index (κ2) is 11.7. The maximum Gasteiger partial charge on any atom is 0.335 e. The van der Waals surface area contributed by atoms with Crippen molar-refractivity contribution in [3.05, 3.63) is 84.0 Å². The molecular formula is C31H39N5O2. The van der Waals surface area contributed by atoms with Crippen LogP contribution in [-0.2, 0) is 7.05 Å². The van der Waals surface area contributed by atoms with Crippen molar-refractivity contribution in [3.63, 3.8) is 0 Å². The monoisotopic (exact) mass is 513 g/mol. The molecule has 200 valence electrons. The standard InChI is InChI=1S/C31H39N5O2/c1-6-7-10-23(22-11-8-12-24(19-22)30(37)38)20-26(29-32-16-18-35(29)5)33-27-13-9-14-28(34-27)36-17-15-25(21-36)31(2,3)4/h8-14,16,18-20,25H,6-7,15,17,21H2,1-5H3,(H,33,34)(H,37,38)/b23-10+,26-20+. The maximum atomic E-state index is 11.6. The van der Waals surface area contributed by atoms with E-state index in [-0.39, 0.29) is 11.0 Å². The van der Waals surface area contributed by atoms with Gasteiger partial charge in [0.15, 0.2) is 5.82 Å². The number of carboxylic acids is 1. The number of aromatic nitrogens is 3. The number of aryl methyl sites for hydroxylation is 1. The van der Waals surface area contributed by atoms with Gasteiger partial charge in [0.05, 0.1) is 11.3 Å². The fourth-order valence-electron chi connectivity index (χ4n) is 4.81. The number of rotatable bonds is 9. The minimum absolute atomic E-state index is 0.262. The molecule has 0 spiro atoms. The van der Waals surface area contributed by atoms with Crippen LogP contribution in [0.2, 0.25) is 0 Å². The molecule has 1 fully saturated rings. The van der Waals surface area contributed by atoms with E-state index in [4.69, 9.17) is 4.98 Å². The van der Waals surface area contributed by atoms with Crippen LogP contribution in [0, 0.1) is 11.3 Å². The van der Waals surface area contributed by atoms with E-state index in [0.29, 0.717) is 5.92 Å². The van der Waals surface area contributed by atoms with Crippen LogP contribution >= 0.6 is 0 Å². The van der Waals surface area contributed by atoms with Crippen LogP contribution < -0.4 is 10.2 Å². The average molecular weight is 514 g/mol. The maximum absolute atomic E-state index is 11.6. The van der Waals surface area contributed by atoms with E-state index in [0.717, 1.165) is 60.2 Å². The number of unbranched alkanes of at least 4 members (excludes halogenated alkanes) is 1. The molecule has 4 rings (SSSR count). The van der Waals surface area contributed by atoms with Crippen LogP contribution in [0.4, 0.5) is 11.6 Å². The number of carbonyl (C=O) groups is 1. The number of pyridine rings is 1. The van der Waals surface area contributed by atoms with Crippen molar-refractivity contribution < 1.29 is 9.90 Å². The number of nitrogens with zero attached hydrogens (tertiary/aromatic N) is 4. The van der Waals surface area contributed by atoms with Gasteiger partial charge in [0, 0.05) is 32.5 Å². The van der Waals surface area contributed by atoms with Crippen molar-refractivity contribution in [2.45, 2.75) is 47.0 Å². The molecule has 7 nitrogen and oxygen atoms in total. The highest BCUT2D eigenvalue weighted by Crippen LogP contribution is 2.35. The minimum Gasteiger partial charge on any atom is -0.478 e. The third-order valence-corrected chi connectivity index (χ3v) is 7.19. The molecule has 1 atom stereocenters. The summed E-state index contributed by atoms with van der Waals surface area (Å²) in [4.78, 5) is 23.6. The number of allylic oxidation sites excluding steroid dienone is 3. The SMILES string of the molecule is CCC/C=C(\C=C(\Nc1cccc(N2CCC(C(C)(C)C)C2)n1)c1nccn1C)c1cccc(C(=O)O)c1. The lowest BCUT2D eigenvalue weighted by Gasteiger charge is -2.27. The van der Waals surface area contributed by atoms with Gasteiger partial charge in [-0.3, -0.25) is 0 Å². The Morgan fingerprint density at radius 3 is 2.61 bits per heavy atom. The van der Waals surface area contributed by atoms with Crippen molar-refractivity contribution in [2.75, 3.05) is 23.3 Å². The third kappa shape index (κ3) is 6.52. The van der Waals surface area contributed by atoms with Crippen LogP contribution in [-0.4, -0.2) is 38.7 Å². The number of carboxylic acid groups (broad SMARTS) is 1. The Hall–Kier alpha value is -3.87. The summed E-state index contributed by atoms with van der Waals surface area (Å²) in [5.74, 6) is 2.17. The normalized spacial score (nSPS) is 16.7. The number of benzene rings is 1. The molecule has 0 saturated carbocycles. The molecule has 3 heterocycles. The van der Waals surface area contributed by atoms with Gasteiger partial charge >= 0.3 is 5.97 Å². The molecule has 38 heavy (non-hydrogen) atoms. The Kier molecular flexibility index (Phi) is 8.35. The van der Waals surface area contributed by atoms with E-state index in [9.17, 15) is 9.90 Å². The summed E-state index contributed by atoms with van der Waals surface area (Å²) < 4.78 is 1.96. The molecule has 3 aromatic rings. The van der Waals surface area contributed by atoms with Crippen LogP contribution in [0.1, 0.15) is 68.7 Å². The van der Waals surface area contributed by atoms with Gasteiger partial charge in [0.2, 0.25) is 0 Å². The highest BCUT2D eigenvalue weighted by molar-refractivity contribution is 5.91. The molecule has 0 bridgehead atoms. The zero-order valence-corrected chi connectivity index (χ0v) is 23.1. The van der Waals surface area contributed by atoms with Gasteiger partial charge in [-0.05, 0) is 65.7 Å². The summed E-state index contributed by atoms with van der Waals surface area (Å²) in [5.41, 5.74) is 3.11. The molecule has 0 amide bonds. The van der Waals surface area contributed by atoms with Gasteiger partial charge < -0.3 is 19.9 Å². The second-order valence-corrected chi connectivity index (χ2v) is 11.1. The summed E-state index contributed by atoms with van der Waals surface area (Å²) in [6.07, 6.45) is 10.9. The predicted molar refractivity (Wildman–Crippen MR) is 155 cm³/mol. The van der Waals surface area contributed by atoms with Gasteiger partial charge in [-0.25, -0.2) is 14.8 Å². The van der Waals surface area contributed by atoms with E-state index >= 15 is 0 Å². The summed E-state index contributed by atoms with van der Waals surface area (Å²) in [6.45, 7) is 11.1. The predicted octanol–water partition coefficient (Wildman–Crippen LogP) is 6.72. The molecule has 2 aromatic heterocycles. The van der Waals surface area contributed by atoms with E-state index in [1.807, 2.05) is 42.1 Å². The number of aromatic carboxylic acids is 1. The lowest BCUT2D eigenvalue weighted by molar-refractivity contribution is 0.0697. The summed E-state index contributed by atoms with van der Waals surface area (Å²) >= 11 is 0. The number of imidazole rings is 1. The van der Waals surface area contributed by atoms with Crippen molar-refractivity contribution in [1.82, 2.24) is 14.5 Å². The minimum atomic E-state index is -0.940.